The number of carboxylic acid groups (broad SMARTS) is 1. The standard InChI is InChI=1S/C23H19Cl3F3N5O4S/c24-14-6-30-7-15(25)19(14)16(35)8-33(9-18-32-17(26)10-39-18)21(36)13-5-31-34(20(13)23(27,28)29)12-3-1-11(2-4-12)22(37)38/h5-7,10-12H,1-4,8-9H2,(H,37,38)/t11-,12-. The molecule has 0 aromatic carbocycles. The minimum Gasteiger partial charge on any atom is -0.481 e. The van der Waals surface area contributed by atoms with Crippen LogP contribution < -0.4 is 0 Å². The maximum Gasteiger partial charge on any atom is 0.433 e. The minimum absolute atomic E-state index is 0.0852. The van der Waals surface area contributed by atoms with Crippen LogP contribution in [-0.2, 0) is 17.5 Å². The van der Waals surface area contributed by atoms with Crippen molar-refractivity contribution in [3.05, 3.63) is 61.0 Å². The third kappa shape index (κ3) is 6.53. The second-order valence-corrected chi connectivity index (χ2v) is 11.0. The zero-order chi connectivity index (χ0) is 28.5. The van der Waals surface area contributed by atoms with Gasteiger partial charge >= 0.3 is 12.1 Å². The molecule has 1 saturated carbocycles. The van der Waals surface area contributed by atoms with Crippen LogP contribution in [0.25, 0.3) is 0 Å². The summed E-state index contributed by atoms with van der Waals surface area (Å²) >= 11 is 19.1. The van der Waals surface area contributed by atoms with Gasteiger partial charge in [0.05, 0.1) is 52.4 Å². The number of halogens is 6. The Balaban J connectivity index is 1.69. The van der Waals surface area contributed by atoms with Crippen LogP contribution in [0.5, 0.6) is 0 Å². The molecule has 3 heterocycles. The number of aromatic nitrogens is 4. The number of ketones is 1. The normalized spacial score (nSPS) is 17.7. The summed E-state index contributed by atoms with van der Waals surface area (Å²) in [5.74, 6) is -3.49. The molecule has 1 N–H and O–H groups in total. The van der Waals surface area contributed by atoms with E-state index in [1.54, 1.807) is 0 Å². The summed E-state index contributed by atoms with van der Waals surface area (Å²) < 4.78 is 43.7. The molecule has 16 heteroatoms. The first-order valence-electron chi connectivity index (χ1n) is 11.5. The Morgan fingerprint density at radius 2 is 1.72 bits per heavy atom. The molecule has 9 nitrogen and oxygen atoms in total. The minimum atomic E-state index is -4.97. The number of hydrogen-bond acceptors (Lipinski definition) is 7. The van der Waals surface area contributed by atoms with E-state index < -0.39 is 53.6 Å². The molecule has 0 spiro atoms. The molecule has 0 unspecified atom stereocenters. The highest BCUT2D eigenvalue weighted by atomic mass is 35.5. The van der Waals surface area contributed by atoms with Crippen LogP contribution in [0.2, 0.25) is 15.2 Å². The molecule has 3 aromatic heterocycles. The van der Waals surface area contributed by atoms with Crippen LogP contribution in [0.4, 0.5) is 13.2 Å². The van der Waals surface area contributed by atoms with Crippen molar-refractivity contribution in [3.63, 3.8) is 0 Å². The van der Waals surface area contributed by atoms with Crippen molar-refractivity contribution < 1.29 is 32.7 Å². The molecule has 1 amide bonds. The lowest BCUT2D eigenvalue weighted by Gasteiger charge is -2.28. The molecule has 0 atom stereocenters. The highest BCUT2D eigenvalue weighted by molar-refractivity contribution is 7.10. The molecule has 1 aliphatic carbocycles. The van der Waals surface area contributed by atoms with Gasteiger partial charge in [-0.3, -0.25) is 24.0 Å². The lowest BCUT2D eigenvalue weighted by atomic mass is 9.86. The second kappa shape index (κ2) is 11.8. The fourth-order valence-electron chi connectivity index (χ4n) is 4.47. The van der Waals surface area contributed by atoms with Crippen LogP contribution in [-0.4, -0.2) is 54.0 Å². The summed E-state index contributed by atoms with van der Waals surface area (Å²) in [5, 5.41) is 14.8. The largest absolute Gasteiger partial charge is 0.481 e. The van der Waals surface area contributed by atoms with Gasteiger partial charge in [-0.15, -0.1) is 11.3 Å². The number of hydrogen-bond donors (Lipinski definition) is 1. The predicted molar refractivity (Wildman–Crippen MR) is 136 cm³/mol. The van der Waals surface area contributed by atoms with Crippen molar-refractivity contribution in [1.82, 2.24) is 24.6 Å². The van der Waals surface area contributed by atoms with Gasteiger partial charge in [-0.25, -0.2) is 4.98 Å². The van der Waals surface area contributed by atoms with Crippen LogP contribution >= 0.6 is 46.1 Å². The Bertz CT molecular complexity index is 1390. The summed E-state index contributed by atoms with van der Waals surface area (Å²) in [7, 11) is 0. The van der Waals surface area contributed by atoms with Crippen molar-refractivity contribution in [1.29, 1.82) is 0 Å². The Morgan fingerprint density at radius 3 is 2.26 bits per heavy atom. The third-order valence-corrected chi connectivity index (χ3v) is 8.02. The maximum atomic E-state index is 14.3. The highest BCUT2D eigenvalue weighted by Crippen LogP contribution is 2.39. The molecule has 208 valence electrons. The van der Waals surface area contributed by atoms with Gasteiger partial charge in [0.1, 0.15) is 10.2 Å². The number of pyridine rings is 1. The molecule has 0 saturated heterocycles. The molecule has 0 aliphatic heterocycles. The third-order valence-electron chi connectivity index (χ3n) is 6.29. The van der Waals surface area contributed by atoms with Crippen molar-refractivity contribution in [2.45, 2.75) is 44.4 Å². The van der Waals surface area contributed by atoms with E-state index in [1.165, 1.54) is 17.8 Å². The fraction of sp³-hybridized carbons (Fsp3) is 0.391. The smallest absolute Gasteiger partial charge is 0.433 e. The summed E-state index contributed by atoms with van der Waals surface area (Å²) in [6, 6.07) is -0.749. The van der Waals surface area contributed by atoms with Crippen molar-refractivity contribution in [2.24, 2.45) is 5.92 Å². The first-order valence-corrected chi connectivity index (χ1v) is 13.5. The summed E-state index contributed by atoms with van der Waals surface area (Å²) in [6.45, 7) is -1.000. The molecule has 3 aromatic rings. The molecule has 1 aliphatic rings. The number of Topliss-reactive ketones (excluding diaryl/α,β-unsaturated/α-hetero) is 1. The zero-order valence-electron chi connectivity index (χ0n) is 19.8. The van der Waals surface area contributed by atoms with Crippen LogP contribution in [0.15, 0.2) is 24.0 Å². The Hall–Kier alpha value is -2.74. The topological polar surface area (TPSA) is 118 Å². The van der Waals surface area contributed by atoms with E-state index in [9.17, 15) is 32.7 Å². The zero-order valence-corrected chi connectivity index (χ0v) is 22.9. The highest BCUT2D eigenvalue weighted by Gasteiger charge is 2.43. The lowest BCUT2D eigenvalue weighted by Crippen LogP contribution is -2.37. The van der Waals surface area contributed by atoms with Gasteiger partial charge in [0, 0.05) is 17.8 Å². The summed E-state index contributed by atoms with van der Waals surface area (Å²) in [6.07, 6.45) is -1.14. The summed E-state index contributed by atoms with van der Waals surface area (Å²) in [5.41, 5.74) is -2.17. The van der Waals surface area contributed by atoms with Gasteiger partial charge in [-0.05, 0) is 25.7 Å². The quantitative estimate of drug-likeness (QED) is 0.303. The van der Waals surface area contributed by atoms with E-state index in [4.69, 9.17) is 34.8 Å². The molecule has 39 heavy (non-hydrogen) atoms. The number of carboxylic acids is 1. The number of thiazole rings is 1. The van der Waals surface area contributed by atoms with E-state index in [-0.39, 0.29) is 58.0 Å². The predicted octanol–water partition coefficient (Wildman–Crippen LogP) is 6.05. The Morgan fingerprint density at radius 1 is 1.08 bits per heavy atom. The van der Waals surface area contributed by atoms with Crippen molar-refractivity contribution in [3.8, 4) is 0 Å². The number of amides is 1. The number of aliphatic carboxylic acids is 1. The molecular formula is C23H19Cl3F3N5O4S. The van der Waals surface area contributed by atoms with Crippen LogP contribution in [0, 0.1) is 5.92 Å². The fourth-order valence-corrected chi connectivity index (χ4v) is 6.00. The second-order valence-electron chi connectivity index (χ2n) is 8.82. The average molecular weight is 625 g/mol. The van der Waals surface area contributed by atoms with Gasteiger partial charge < -0.3 is 10.0 Å². The van der Waals surface area contributed by atoms with E-state index in [0.717, 1.165) is 27.1 Å². The Labute approximate surface area is 238 Å². The van der Waals surface area contributed by atoms with Gasteiger partial charge in [0.15, 0.2) is 11.5 Å². The number of rotatable bonds is 8. The Kier molecular flexibility index (Phi) is 8.84. The molecular weight excluding hydrogens is 606 g/mol. The number of carbonyl (C=O) groups excluding carboxylic acids is 2. The van der Waals surface area contributed by atoms with Gasteiger partial charge in [0.2, 0.25) is 0 Å². The first-order chi connectivity index (χ1) is 18.4. The van der Waals surface area contributed by atoms with Crippen LogP contribution in [0.1, 0.15) is 63.1 Å². The lowest BCUT2D eigenvalue weighted by molar-refractivity contribution is -0.147. The number of alkyl halides is 3. The molecule has 0 bridgehead atoms. The van der Waals surface area contributed by atoms with E-state index in [1.807, 2.05) is 0 Å². The maximum absolute atomic E-state index is 14.3. The monoisotopic (exact) mass is 623 g/mol. The van der Waals surface area contributed by atoms with Gasteiger partial charge in [-0.2, -0.15) is 18.3 Å². The number of nitrogens with zero attached hydrogens (tertiary/aromatic N) is 5. The van der Waals surface area contributed by atoms with Crippen molar-refractivity contribution in [2.75, 3.05) is 6.54 Å². The van der Waals surface area contributed by atoms with E-state index in [2.05, 4.69) is 15.1 Å². The molecule has 1 fully saturated rings. The molecule has 0 radical (unpaired) electrons. The summed E-state index contributed by atoms with van der Waals surface area (Å²) in [4.78, 5) is 46.7. The number of carbonyl (C=O) groups is 3. The SMILES string of the molecule is O=C(CN(Cc1nc(Cl)cs1)C(=O)c1cnn([C@H]2CC[C@H](C(=O)O)CC2)c1C(F)(F)F)c1c(Cl)cncc1Cl. The van der Waals surface area contributed by atoms with E-state index >= 15 is 0 Å². The average Bonchev–Trinajstić information content (AvgIpc) is 3.49. The first kappa shape index (κ1) is 29.2. The van der Waals surface area contributed by atoms with E-state index in [0.29, 0.717) is 0 Å². The van der Waals surface area contributed by atoms with Gasteiger partial charge in [0.25, 0.3) is 5.91 Å². The van der Waals surface area contributed by atoms with Crippen molar-refractivity contribution >= 4 is 63.8 Å². The van der Waals surface area contributed by atoms with Gasteiger partial charge in [-0.1, -0.05) is 34.8 Å². The molecule has 4 rings (SSSR count). The van der Waals surface area contributed by atoms with Crippen LogP contribution in [0.3, 0.4) is 0 Å².